The van der Waals surface area contributed by atoms with Gasteiger partial charge in [0.2, 0.25) is 5.91 Å². The molecular formula is C18H19F3N2O2S. The van der Waals surface area contributed by atoms with E-state index in [9.17, 15) is 18.0 Å². The number of nitrogens with zero attached hydrogens (tertiary/aromatic N) is 1. The zero-order chi connectivity index (χ0) is 19.2. The van der Waals surface area contributed by atoms with Crippen LogP contribution in [-0.2, 0) is 11.0 Å². The van der Waals surface area contributed by atoms with Crippen LogP contribution in [0.2, 0.25) is 0 Å². The Balaban J connectivity index is 1.84. The van der Waals surface area contributed by atoms with E-state index in [1.165, 1.54) is 6.07 Å². The molecule has 0 aliphatic carbocycles. The van der Waals surface area contributed by atoms with Crippen molar-refractivity contribution < 1.29 is 22.7 Å². The predicted molar refractivity (Wildman–Crippen MR) is 94.1 cm³/mol. The van der Waals surface area contributed by atoms with Crippen LogP contribution in [0.25, 0.3) is 0 Å². The lowest BCUT2D eigenvalue weighted by Crippen LogP contribution is -2.28. The lowest BCUT2D eigenvalue weighted by atomic mass is 10.1. The van der Waals surface area contributed by atoms with Crippen molar-refractivity contribution in [3.8, 4) is 5.75 Å². The third-order valence-electron chi connectivity index (χ3n) is 3.48. The Hall–Kier alpha value is -2.22. The van der Waals surface area contributed by atoms with Gasteiger partial charge in [0.25, 0.3) is 0 Å². The SMILES string of the molecule is CCOc1ccc(C(C)NC(=O)CSc2ccc(C(F)(F)F)cn2)cc1. The zero-order valence-electron chi connectivity index (χ0n) is 14.3. The van der Waals surface area contributed by atoms with Gasteiger partial charge in [0.15, 0.2) is 0 Å². The van der Waals surface area contributed by atoms with Gasteiger partial charge in [-0.2, -0.15) is 13.2 Å². The van der Waals surface area contributed by atoms with Crippen molar-refractivity contribution in [2.75, 3.05) is 12.4 Å². The zero-order valence-corrected chi connectivity index (χ0v) is 15.2. The number of carbonyl (C=O) groups excluding carboxylic acids is 1. The first-order valence-electron chi connectivity index (χ1n) is 7.97. The Labute approximate surface area is 154 Å². The minimum absolute atomic E-state index is 0.0692. The molecule has 0 spiro atoms. The Bertz CT molecular complexity index is 719. The van der Waals surface area contributed by atoms with E-state index in [0.717, 1.165) is 35.3 Å². The number of nitrogens with one attached hydrogen (secondary N) is 1. The van der Waals surface area contributed by atoms with E-state index in [1.54, 1.807) is 0 Å². The van der Waals surface area contributed by atoms with Gasteiger partial charge in [-0.3, -0.25) is 4.79 Å². The van der Waals surface area contributed by atoms with Gasteiger partial charge in [-0.1, -0.05) is 23.9 Å². The average Bonchev–Trinajstić information content (AvgIpc) is 2.60. The molecule has 0 saturated heterocycles. The molecule has 1 heterocycles. The highest BCUT2D eigenvalue weighted by molar-refractivity contribution is 7.99. The minimum atomic E-state index is -4.42. The van der Waals surface area contributed by atoms with Crippen LogP contribution in [0.15, 0.2) is 47.6 Å². The summed E-state index contributed by atoms with van der Waals surface area (Å²) in [6, 6.07) is 9.44. The number of hydrogen-bond acceptors (Lipinski definition) is 4. The number of thioether (sulfide) groups is 1. The number of rotatable bonds is 7. The van der Waals surface area contributed by atoms with Crippen molar-refractivity contribution in [3.63, 3.8) is 0 Å². The first-order valence-corrected chi connectivity index (χ1v) is 8.96. The normalized spacial score (nSPS) is 12.5. The van der Waals surface area contributed by atoms with E-state index in [1.807, 2.05) is 38.1 Å². The van der Waals surface area contributed by atoms with Crippen molar-refractivity contribution in [1.29, 1.82) is 0 Å². The maximum atomic E-state index is 12.5. The van der Waals surface area contributed by atoms with Crippen LogP contribution < -0.4 is 10.1 Å². The van der Waals surface area contributed by atoms with Crippen LogP contribution in [0.5, 0.6) is 5.75 Å². The fourth-order valence-corrected chi connectivity index (χ4v) is 2.81. The molecule has 1 atom stereocenters. The van der Waals surface area contributed by atoms with Gasteiger partial charge in [0, 0.05) is 6.20 Å². The maximum Gasteiger partial charge on any atom is 0.417 e. The summed E-state index contributed by atoms with van der Waals surface area (Å²) in [7, 11) is 0. The summed E-state index contributed by atoms with van der Waals surface area (Å²) < 4.78 is 42.8. The lowest BCUT2D eigenvalue weighted by molar-refractivity contribution is -0.137. The number of pyridine rings is 1. The molecule has 1 N–H and O–H groups in total. The van der Waals surface area contributed by atoms with E-state index in [2.05, 4.69) is 10.3 Å². The van der Waals surface area contributed by atoms with E-state index in [0.29, 0.717) is 11.6 Å². The van der Waals surface area contributed by atoms with E-state index < -0.39 is 11.7 Å². The van der Waals surface area contributed by atoms with Crippen molar-refractivity contribution in [3.05, 3.63) is 53.7 Å². The molecule has 0 bridgehead atoms. The summed E-state index contributed by atoms with van der Waals surface area (Å²) in [5.41, 5.74) is 0.120. The number of alkyl halides is 3. The standard InChI is InChI=1S/C18H19F3N2O2S/c1-3-25-15-7-4-13(5-8-15)12(2)23-16(24)11-26-17-9-6-14(10-22-17)18(19,20)21/h4-10,12H,3,11H2,1-2H3,(H,23,24). The van der Waals surface area contributed by atoms with Crippen molar-refractivity contribution in [1.82, 2.24) is 10.3 Å². The maximum absolute atomic E-state index is 12.5. The van der Waals surface area contributed by atoms with Gasteiger partial charge >= 0.3 is 6.18 Å². The smallest absolute Gasteiger partial charge is 0.417 e. The molecule has 2 aromatic rings. The fraction of sp³-hybridized carbons (Fsp3) is 0.333. The highest BCUT2D eigenvalue weighted by Crippen LogP contribution is 2.29. The van der Waals surface area contributed by atoms with Crippen molar-refractivity contribution >= 4 is 17.7 Å². The summed E-state index contributed by atoms with van der Waals surface area (Å²) in [6.45, 7) is 4.34. The van der Waals surface area contributed by atoms with Gasteiger partial charge in [-0.15, -0.1) is 0 Å². The molecule has 1 unspecified atom stereocenters. The molecule has 1 amide bonds. The monoisotopic (exact) mass is 384 g/mol. The molecule has 1 aromatic heterocycles. The number of aromatic nitrogens is 1. The van der Waals surface area contributed by atoms with E-state index >= 15 is 0 Å². The summed E-state index contributed by atoms with van der Waals surface area (Å²) in [5.74, 6) is 0.608. The number of hydrogen-bond donors (Lipinski definition) is 1. The number of amides is 1. The largest absolute Gasteiger partial charge is 0.494 e. The molecule has 4 nitrogen and oxygen atoms in total. The molecule has 8 heteroatoms. The summed E-state index contributed by atoms with van der Waals surface area (Å²) in [5, 5.41) is 3.21. The van der Waals surface area contributed by atoms with Crippen LogP contribution in [0, 0.1) is 0 Å². The molecular weight excluding hydrogens is 365 g/mol. The summed E-state index contributed by atoms with van der Waals surface area (Å²) in [6.07, 6.45) is -3.65. The number of carbonyl (C=O) groups is 1. The molecule has 1 aromatic carbocycles. The van der Waals surface area contributed by atoms with Crippen LogP contribution in [-0.4, -0.2) is 23.3 Å². The molecule has 0 fully saturated rings. The molecule has 2 rings (SSSR count). The highest BCUT2D eigenvalue weighted by atomic mass is 32.2. The number of halogens is 3. The third kappa shape index (κ3) is 5.94. The molecule has 0 aliphatic rings. The Morgan fingerprint density at radius 1 is 1.23 bits per heavy atom. The summed E-state index contributed by atoms with van der Waals surface area (Å²) in [4.78, 5) is 15.8. The van der Waals surface area contributed by atoms with Gasteiger partial charge in [-0.05, 0) is 43.7 Å². The third-order valence-corrected chi connectivity index (χ3v) is 4.43. The first-order chi connectivity index (χ1) is 12.3. The minimum Gasteiger partial charge on any atom is -0.494 e. The molecule has 0 radical (unpaired) electrons. The first kappa shape index (κ1) is 20.1. The lowest BCUT2D eigenvalue weighted by Gasteiger charge is -2.15. The Morgan fingerprint density at radius 3 is 2.46 bits per heavy atom. The average molecular weight is 384 g/mol. The van der Waals surface area contributed by atoms with Crippen LogP contribution in [0.3, 0.4) is 0 Å². The second-order valence-electron chi connectivity index (χ2n) is 5.46. The van der Waals surface area contributed by atoms with Crippen molar-refractivity contribution in [2.24, 2.45) is 0 Å². The van der Waals surface area contributed by atoms with E-state index in [-0.39, 0.29) is 17.7 Å². The number of ether oxygens (including phenoxy) is 1. The molecule has 0 aliphatic heterocycles. The van der Waals surface area contributed by atoms with Crippen LogP contribution in [0.4, 0.5) is 13.2 Å². The Kier molecular flexibility index (Phi) is 6.90. The van der Waals surface area contributed by atoms with Crippen LogP contribution >= 0.6 is 11.8 Å². The second-order valence-corrected chi connectivity index (χ2v) is 6.46. The second kappa shape index (κ2) is 8.93. The van der Waals surface area contributed by atoms with Gasteiger partial charge < -0.3 is 10.1 Å². The van der Waals surface area contributed by atoms with Gasteiger partial charge in [0.1, 0.15) is 5.75 Å². The van der Waals surface area contributed by atoms with Crippen molar-refractivity contribution in [2.45, 2.75) is 31.1 Å². The highest BCUT2D eigenvalue weighted by Gasteiger charge is 2.30. The van der Waals surface area contributed by atoms with Gasteiger partial charge in [-0.25, -0.2) is 4.98 Å². The molecule has 140 valence electrons. The number of benzene rings is 1. The summed E-state index contributed by atoms with van der Waals surface area (Å²) >= 11 is 1.08. The van der Waals surface area contributed by atoms with Crippen LogP contribution in [0.1, 0.15) is 31.0 Å². The molecule has 0 saturated carbocycles. The predicted octanol–water partition coefficient (Wildman–Crippen LogP) is 4.47. The van der Waals surface area contributed by atoms with Gasteiger partial charge in [0.05, 0.1) is 29.0 Å². The quantitative estimate of drug-likeness (QED) is 0.716. The van der Waals surface area contributed by atoms with E-state index in [4.69, 9.17) is 4.74 Å². The Morgan fingerprint density at radius 2 is 1.92 bits per heavy atom. The topological polar surface area (TPSA) is 51.2 Å². The molecule has 26 heavy (non-hydrogen) atoms. The fourth-order valence-electron chi connectivity index (χ4n) is 2.16.